The Hall–Kier alpha value is -2.87. The van der Waals surface area contributed by atoms with E-state index in [2.05, 4.69) is 22.0 Å². The molecule has 2 heterocycles. The summed E-state index contributed by atoms with van der Waals surface area (Å²) in [5.41, 5.74) is 10.7. The van der Waals surface area contributed by atoms with Crippen LogP contribution >= 0.6 is 0 Å². The molecule has 0 unspecified atom stereocenters. The SMILES string of the molecule is N#CC1=C(c2ccc(N)cn2)CN(C2CCCCCC2)c2cc(C3CC3)cc(F)c21. The lowest BCUT2D eigenvalue weighted by Gasteiger charge is -2.39. The van der Waals surface area contributed by atoms with Crippen molar-refractivity contribution in [2.24, 2.45) is 0 Å². The summed E-state index contributed by atoms with van der Waals surface area (Å²) in [6.45, 7) is 0.588. The van der Waals surface area contributed by atoms with Gasteiger partial charge in [0.05, 0.1) is 28.7 Å². The first-order valence-electron chi connectivity index (χ1n) is 11.1. The predicted octanol–water partition coefficient (Wildman–Crippen LogP) is 5.66. The molecular weight excluding hydrogens is 375 g/mol. The molecule has 5 rings (SSSR count). The standard InChI is InChI=1S/C25H27FN4/c26-22-11-17(16-7-8-16)12-24-25(22)20(13-27)21(23-10-9-18(28)14-29-23)15-30(24)19-5-3-1-2-4-6-19/h9-12,14,16,19H,1-8,15,28H2. The molecule has 0 atom stereocenters. The molecule has 0 amide bonds. The Balaban J connectivity index is 1.68. The van der Waals surface area contributed by atoms with Gasteiger partial charge in [0.1, 0.15) is 11.9 Å². The van der Waals surface area contributed by atoms with Gasteiger partial charge in [-0.15, -0.1) is 0 Å². The van der Waals surface area contributed by atoms with E-state index >= 15 is 4.39 Å². The molecule has 154 valence electrons. The zero-order valence-corrected chi connectivity index (χ0v) is 17.2. The van der Waals surface area contributed by atoms with Crippen molar-refractivity contribution in [2.45, 2.75) is 63.3 Å². The topological polar surface area (TPSA) is 65.9 Å². The average molecular weight is 403 g/mol. The van der Waals surface area contributed by atoms with Crippen molar-refractivity contribution in [1.82, 2.24) is 4.98 Å². The van der Waals surface area contributed by atoms with E-state index in [1.165, 1.54) is 25.7 Å². The van der Waals surface area contributed by atoms with Crippen molar-refractivity contribution in [3.63, 3.8) is 0 Å². The average Bonchev–Trinajstić information content (AvgIpc) is 3.60. The maximum atomic E-state index is 15.5. The zero-order valence-electron chi connectivity index (χ0n) is 17.2. The Morgan fingerprint density at radius 3 is 2.47 bits per heavy atom. The number of hydrogen-bond acceptors (Lipinski definition) is 4. The number of nitrogen functional groups attached to an aromatic ring is 1. The maximum absolute atomic E-state index is 15.5. The van der Waals surface area contributed by atoms with Gasteiger partial charge in [0.15, 0.2) is 0 Å². The number of anilines is 2. The monoisotopic (exact) mass is 402 g/mol. The van der Waals surface area contributed by atoms with Gasteiger partial charge in [-0.3, -0.25) is 4.98 Å². The van der Waals surface area contributed by atoms with E-state index in [1.807, 2.05) is 6.07 Å². The first-order chi connectivity index (χ1) is 14.7. The van der Waals surface area contributed by atoms with E-state index < -0.39 is 0 Å². The summed E-state index contributed by atoms with van der Waals surface area (Å²) in [7, 11) is 0. The third kappa shape index (κ3) is 3.45. The maximum Gasteiger partial charge on any atom is 0.134 e. The summed E-state index contributed by atoms with van der Waals surface area (Å²) in [6, 6.07) is 10.1. The second-order valence-corrected chi connectivity index (χ2v) is 8.89. The Morgan fingerprint density at radius 2 is 1.83 bits per heavy atom. The molecule has 2 aliphatic carbocycles. The van der Waals surface area contributed by atoms with Gasteiger partial charge in [-0.25, -0.2) is 4.39 Å². The van der Waals surface area contributed by atoms with Crippen LogP contribution in [0.15, 0.2) is 30.5 Å². The van der Waals surface area contributed by atoms with Gasteiger partial charge in [-0.1, -0.05) is 25.7 Å². The summed E-state index contributed by atoms with van der Waals surface area (Å²) in [5.74, 6) is 0.188. The third-order valence-electron chi connectivity index (χ3n) is 6.80. The molecule has 2 fully saturated rings. The molecule has 3 aliphatic rings. The molecule has 1 aromatic heterocycles. The highest BCUT2D eigenvalue weighted by atomic mass is 19.1. The van der Waals surface area contributed by atoms with Gasteiger partial charge in [0.2, 0.25) is 0 Å². The quantitative estimate of drug-likeness (QED) is 0.673. The van der Waals surface area contributed by atoms with Gasteiger partial charge in [0.25, 0.3) is 0 Å². The molecule has 0 spiro atoms. The van der Waals surface area contributed by atoms with E-state index in [0.717, 1.165) is 42.5 Å². The summed E-state index contributed by atoms with van der Waals surface area (Å²) in [6.07, 6.45) is 11.0. The zero-order chi connectivity index (χ0) is 20.7. The van der Waals surface area contributed by atoms with Crippen LogP contribution in [-0.4, -0.2) is 17.6 Å². The van der Waals surface area contributed by atoms with Crippen molar-refractivity contribution in [3.05, 3.63) is 53.1 Å². The number of allylic oxidation sites excluding steroid dienone is 1. The lowest BCUT2D eigenvalue weighted by molar-refractivity contribution is 0.537. The van der Waals surface area contributed by atoms with Crippen LogP contribution in [0.5, 0.6) is 0 Å². The molecule has 0 radical (unpaired) electrons. The number of fused-ring (bicyclic) bond motifs is 1. The lowest BCUT2D eigenvalue weighted by Crippen LogP contribution is -2.39. The Morgan fingerprint density at radius 1 is 1.07 bits per heavy atom. The van der Waals surface area contributed by atoms with Crippen LogP contribution in [0.1, 0.15) is 74.1 Å². The number of aromatic nitrogens is 1. The summed E-state index contributed by atoms with van der Waals surface area (Å²) in [4.78, 5) is 6.84. The molecular formula is C25H27FN4. The number of nitrogens with two attached hydrogens (primary N) is 1. The number of rotatable bonds is 3. The van der Waals surface area contributed by atoms with Crippen LogP contribution < -0.4 is 10.6 Å². The van der Waals surface area contributed by atoms with Crippen LogP contribution in [-0.2, 0) is 0 Å². The van der Waals surface area contributed by atoms with Crippen LogP contribution in [0.4, 0.5) is 15.8 Å². The smallest absolute Gasteiger partial charge is 0.134 e. The highest BCUT2D eigenvalue weighted by Gasteiger charge is 2.35. The Bertz CT molecular complexity index is 1020. The molecule has 2 N–H and O–H groups in total. The number of halogens is 1. The molecule has 2 aromatic rings. The van der Waals surface area contributed by atoms with Crippen LogP contribution in [0.25, 0.3) is 11.1 Å². The molecule has 1 aliphatic heterocycles. The summed E-state index contributed by atoms with van der Waals surface area (Å²) >= 11 is 0. The minimum absolute atomic E-state index is 0.280. The van der Waals surface area contributed by atoms with Crippen LogP contribution in [0.3, 0.4) is 0 Å². The lowest BCUT2D eigenvalue weighted by atomic mass is 9.88. The molecule has 4 nitrogen and oxygen atoms in total. The summed E-state index contributed by atoms with van der Waals surface area (Å²) in [5, 5.41) is 10.0. The van der Waals surface area contributed by atoms with E-state index in [4.69, 9.17) is 5.73 Å². The first kappa shape index (κ1) is 19.1. The fourth-order valence-corrected chi connectivity index (χ4v) is 5.04. The van der Waals surface area contributed by atoms with Crippen molar-refractivity contribution < 1.29 is 4.39 Å². The highest BCUT2D eigenvalue weighted by molar-refractivity contribution is 6.04. The Labute approximate surface area is 177 Å². The van der Waals surface area contributed by atoms with Gasteiger partial charge >= 0.3 is 0 Å². The van der Waals surface area contributed by atoms with Gasteiger partial charge in [-0.05, 0) is 61.4 Å². The van der Waals surface area contributed by atoms with Gasteiger partial charge in [0, 0.05) is 23.8 Å². The number of hydrogen-bond donors (Lipinski definition) is 1. The Kier molecular flexibility index (Phi) is 4.94. The molecule has 5 heteroatoms. The van der Waals surface area contributed by atoms with Crippen molar-refractivity contribution in [3.8, 4) is 6.07 Å². The molecule has 30 heavy (non-hydrogen) atoms. The van der Waals surface area contributed by atoms with Gasteiger partial charge in [-0.2, -0.15) is 5.26 Å². The predicted molar refractivity (Wildman–Crippen MR) is 118 cm³/mol. The second-order valence-electron chi connectivity index (χ2n) is 8.89. The number of nitriles is 1. The molecule has 0 bridgehead atoms. The van der Waals surface area contributed by atoms with E-state index in [-0.39, 0.29) is 5.82 Å². The molecule has 1 aromatic carbocycles. The summed E-state index contributed by atoms with van der Waals surface area (Å²) < 4.78 is 15.5. The van der Waals surface area contributed by atoms with Crippen molar-refractivity contribution in [1.29, 1.82) is 5.26 Å². The number of nitrogens with zero attached hydrogens (tertiary/aromatic N) is 3. The highest BCUT2D eigenvalue weighted by Crippen LogP contribution is 2.47. The molecule has 2 saturated carbocycles. The van der Waals surface area contributed by atoms with Gasteiger partial charge < -0.3 is 10.6 Å². The first-order valence-corrected chi connectivity index (χ1v) is 11.1. The second kappa shape index (κ2) is 7.75. The largest absolute Gasteiger partial charge is 0.397 e. The van der Waals surface area contributed by atoms with Crippen LogP contribution in [0, 0.1) is 17.1 Å². The minimum Gasteiger partial charge on any atom is -0.397 e. The van der Waals surface area contributed by atoms with Crippen molar-refractivity contribution >= 4 is 22.5 Å². The fourth-order valence-electron chi connectivity index (χ4n) is 5.04. The molecule has 0 saturated heterocycles. The number of pyridine rings is 1. The third-order valence-corrected chi connectivity index (χ3v) is 6.80. The van der Waals surface area contributed by atoms with Crippen molar-refractivity contribution in [2.75, 3.05) is 17.2 Å². The van der Waals surface area contributed by atoms with E-state index in [1.54, 1.807) is 18.3 Å². The number of benzene rings is 1. The minimum atomic E-state index is -0.280. The van der Waals surface area contributed by atoms with E-state index in [9.17, 15) is 5.26 Å². The normalized spacial score (nSPS) is 19.9. The fraction of sp³-hybridized carbons (Fsp3) is 0.440. The van der Waals surface area contributed by atoms with Crippen LogP contribution in [0.2, 0.25) is 0 Å². The van der Waals surface area contributed by atoms with E-state index in [0.29, 0.717) is 41.0 Å².